The molecule has 0 heterocycles. The second kappa shape index (κ2) is 8.00. The summed E-state index contributed by atoms with van der Waals surface area (Å²) in [6.07, 6.45) is 1.66. The molecule has 2 rings (SSSR count). The lowest BCUT2D eigenvalue weighted by molar-refractivity contribution is 0.413. The molecule has 0 spiro atoms. The number of methoxy groups -OCH3 is 1. The first kappa shape index (κ1) is 21.4. The summed E-state index contributed by atoms with van der Waals surface area (Å²) < 4.78 is 57.1. The Bertz CT molecular complexity index is 1000. The van der Waals surface area contributed by atoms with E-state index in [2.05, 4.69) is 4.72 Å². The van der Waals surface area contributed by atoms with Crippen molar-refractivity contribution < 1.29 is 21.6 Å². The van der Waals surface area contributed by atoms with E-state index in [1.54, 1.807) is 38.1 Å². The van der Waals surface area contributed by atoms with Crippen LogP contribution in [0.15, 0.2) is 46.2 Å². The zero-order valence-corrected chi connectivity index (χ0v) is 17.7. The van der Waals surface area contributed by atoms with Crippen LogP contribution in [0.4, 0.5) is 0 Å². The summed E-state index contributed by atoms with van der Waals surface area (Å²) in [6, 6.07) is 9.16. The van der Waals surface area contributed by atoms with Gasteiger partial charge in [-0.15, -0.1) is 0 Å². The Hall–Kier alpha value is -1.90. The standard InChI is InChI=1S/C19H25NO5S2/c1-6-18(15-7-9-17(10-8-15)26(5,21)22)20-27(23,24)19-13(2)11-16(25-4)12-14(19)3/h7-12,18,20H,6H2,1-5H3. The van der Waals surface area contributed by atoms with E-state index in [9.17, 15) is 16.8 Å². The Morgan fingerprint density at radius 2 is 1.52 bits per heavy atom. The Kier molecular flexibility index (Phi) is 6.34. The van der Waals surface area contributed by atoms with E-state index in [1.165, 1.54) is 19.2 Å². The van der Waals surface area contributed by atoms with Crippen LogP contribution in [0.2, 0.25) is 0 Å². The highest BCUT2D eigenvalue weighted by molar-refractivity contribution is 7.90. The maximum absolute atomic E-state index is 13.0. The summed E-state index contributed by atoms with van der Waals surface area (Å²) in [4.78, 5) is 0.431. The van der Waals surface area contributed by atoms with Crippen molar-refractivity contribution in [2.75, 3.05) is 13.4 Å². The third kappa shape index (κ3) is 4.88. The van der Waals surface area contributed by atoms with Crippen molar-refractivity contribution in [1.82, 2.24) is 4.72 Å². The number of benzene rings is 2. The second-order valence-electron chi connectivity index (χ2n) is 6.51. The summed E-state index contributed by atoms with van der Waals surface area (Å²) >= 11 is 0. The lowest BCUT2D eigenvalue weighted by Gasteiger charge is -2.20. The Labute approximate surface area is 161 Å². The fourth-order valence-corrected chi connectivity index (χ4v) is 5.42. The third-order valence-electron chi connectivity index (χ3n) is 4.35. The highest BCUT2D eigenvalue weighted by atomic mass is 32.2. The molecular weight excluding hydrogens is 386 g/mol. The minimum Gasteiger partial charge on any atom is -0.497 e. The van der Waals surface area contributed by atoms with E-state index in [0.717, 1.165) is 6.26 Å². The number of nitrogens with one attached hydrogen (secondary N) is 1. The molecule has 0 aliphatic rings. The first-order valence-electron chi connectivity index (χ1n) is 8.47. The van der Waals surface area contributed by atoms with Gasteiger partial charge in [-0.3, -0.25) is 0 Å². The minimum absolute atomic E-state index is 0.200. The molecule has 0 saturated carbocycles. The van der Waals surface area contributed by atoms with E-state index in [0.29, 0.717) is 28.9 Å². The number of aryl methyl sites for hydroxylation is 2. The van der Waals surface area contributed by atoms with Crippen molar-refractivity contribution in [1.29, 1.82) is 0 Å². The average molecular weight is 412 g/mol. The first-order chi connectivity index (χ1) is 12.5. The highest BCUT2D eigenvalue weighted by Gasteiger charge is 2.24. The van der Waals surface area contributed by atoms with Crippen molar-refractivity contribution in [2.24, 2.45) is 0 Å². The van der Waals surface area contributed by atoms with Crippen LogP contribution in [0.1, 0.15) is 36.1 Å². The summed E-state index contributed by atoms with van der Waals surface area (Å²) in [7, 11) is -5.53. The van der Waals surface area contributed by atoms with Crippen LogP contribution < -0.4 is 9.46 Å². The lowest BCUT2D eigenvalue weighted by atomic mass is 10.1. The Morgan fingerprint density at radius 3 is 1.93 bits per heavy atom. The van der Waals surface area contributed by atoms with Gasteiger partial charge in [-0.05, 0) is 61.2 Å². The topological polar surface area (TPSA) is 89.5 Å². The molecule has 1 atom stereocenters. The summed E-state index contributed by atoms with van der Waals surface area (Å²) in [6.45, 7) is 5.32. The number of hydrogen-bond donors (Lipinski definition) is 1. The van der Waals surface area contributed by atoms with Gasteiger partial charge in [-0.25, -0.2) is 21.6 Å². The molecule has 0 saturated heterocycles. The molecule has 8 heteroatoms. The van der Waals surface area contributed by atoms with Crippen molar-refractivity contribution in [3.63, 3.8) is 0 Å². The van der Waals surface area contributed by atoms with Gasteiger partial charge in [0.25, 0.3) is 0 Å². The maximum Gasteiger partial charge on any atom is 0.241 e. The van der Waals surface area contributed by atoms with Crippen molar-refractivity contribution in [2.45, 2.75) is 43.0 Å². The number of sulfone groups is 1. The Morgan fingerprint density at radius 1 is 1.00 bits per heavy atom. The van der Waals surface area contributed by atoms with Crippen LogP contribution in [0.25, 0.3) is 0 Å². The number of hydrogen-bond acceptors (Lipinski definition) is 5. The van der Waals surface area contributed by atoms with Gasteiger partial charge in [0, 0.05) is 12.3 Å². The molecule has 0 aliphatic carbocycles. The molecular formula is C19H25NO5S2. The normalized spacial score (nSPS) is 13.4. The van der Waals surface area contributed by atoms with Gasteiger partial charge in [-0.1, -0.05) is 19.1 Å². The van der Waals surface area contributed by atoms with E-state index < -0.39 is 25.9 Å². The molecule has 0 aromatic heterocycles. The predicted molar refractivity (Wildman–Crippen MR) is 105 cm³/mol. The predicted octanol–water partition coefficient (Wildman–Crippen LogP) is 3.15. The fraction of sp³-hybridized carbons (Fsp3) is 0.368. The molecule has 6 nitrogen and oxygen atoms in total. The van der Waals surface area contributed by atoms with Gasteiger partial charge in [-0.2, -0.15) is 0 Å². The molecule has 2 aromatic carbocycles. The lowest BCUT2D eigenvalue weighted by Crippen LogP contribution is -2.29. The second-order valence-corrected chi connectivity index (χ2v) is 10.2. The van der Waals surface area contributed by atoms with Crippen molar-refractivity contribution >= 4 is 19.9 Å². The summed E-state index contributed by atoms with van der Waals surface area (Å²) in [5, 5.41) is 0. The van der Waals surface area contributed by atoms with Crippen LogP contribution >= 0.6 is 0 Å². The van der Waals surface area contributed by atoms with E-state index in [1.807, 2.05) is 6.92 Å². The molecule has 1 N–H and O–H groups in total. The molecule has 1 unspecified atom stereocenters. The molecule has 0 bridgehead atoms. The van der Waals surface area contributed by atoms with Crippen LogP contribution in [0.3, 0.4) is 0 Å². The molecule has 27 heavy (non-hydrogen) atoms. The maximum atomic E-state index is 13.0. The van der Waals surface area contributed by atoms with Crippen LogP contribution in [-0.4, -0.2) is 30.2 Å². The monoisotopic (exact) mass is 411 g/mol. The number of sulfonamides is 1. The van der Waals surface area contributed by atoms with Crippen molar-refractivity contribution in [3.05, 3.63) is 53.1 Å². The van der Waals surface area contributed by atoms with Gasteiger partial charge in [0.1, 0.15) is 5.75 Å². The number of rotatable bonds is 7. The molecule has 0 radical (unpaired) electrons. The van der Waals surface area contributed by atoms with Crippen LogP contribution in [-0.2, 0) is 19.9 Å². The van der Waals surface area contributed by atoms with E-state index in [-0.39, 0.29) is 9.79 Å². The highest BCUT2D eigenvalue weighted by Crippen LogP contribution is 2.28. The average Bonchev–Trinajstić information content (AvgIpc) is 2.58. The summed E-state index contributed by atoms with van der Waals surface area (Å²) in [5.74, 6) is 0.604. The van der Waals surface area contributed by atoms with Gasteiger partial charge in [0.15, 0.2) is 9.84 Å². The molecule has 0 fully saturated rings. The molecule has 2 aromatic rings. The SMILES string of the molecule is CCC(NS(=O)(=O)c1c(C)cc(OC)cc1C)c1ccc(S(C)(=O)=O)cc1. The van der Waals surface area contributed by atoms with Gasteiger partial charge in [0.05, 0.1) is 16.9 Å². The zero-order chi connectivity index (χ0) is 20.4. The van der Waals surface area contributed by atoms with E-state index in [4.69, 9.17) is 4.74 Å². The first-order valence-corrected chi connectivity index (χ1v) is 11.8. The van der Waals surface area contributed by atoms with Crippen LogP contribution in [0, 0.1) is 13.8 Å². The largest absolute Gasteiger partial charge is 0.497 e. The molecule has 0 aliphatic heterocycles. The number of ether oxygens (including phenoxy) is 1. The smallest absolute Gasteiger partial charge is 0.241 e. The molecule has 0 amide bonds. The fourth-order valence-electron chi connectivity index (χ4n) is 3.03. The zero-order valence-electron chi connectivity index (χ0n) is 16.1. The minimum atomic E-state index is -3.77. The van der Waals surface area contributed by atoms with Gasteiger partial charge in [0.2, 0.25) is 10.0 Å². The third-order valence-corrected chi connectivity index (χ3v) is 7.26. The molecule has 148 valence electrons. The van der Waals surface area contributed by atoms with Crippen LogP contribution in [0.5, 0.6) is 5.75 Å². The van der Waals surface area contributed by atoms with Gasteiger partial charge >= 0.3 is 0 Å². The quantitative estimate of drug-likeness (QED) is 0.756. The van der Waals surface area contributed by atoms with Crippen molar-refractivity contribution in [3.8, 4) is 5.75 Å². The van der Waals surface area contributed by atoms with Gasteiger partial charge < -0.3 is 4.74 Å². The summed E-state index contributed by atoms with van der Waals surface area (Å²) in [5.41, 5.74) is 1.90. The van der Waals surface area contributed by atoms with E-state index >= 15 is 0 Å². The Balaban J connectivity index is 2.38.